The molecule has 78 valence electrons. The molecule has 0 saturated carbocycles. The van der Waals surface area contributed by atoms with Gasteiger partial charge in [0.1, 0.15) is 6.61 Å². The summed E-state index contributed by atoms with van der Waals surface area (Å²) in [7, 11) is 0. The fourth-order valence-corrected chi connectivity index (χ4v) is 1.82. The van der Waals surface area contributed by atoms with Crippen LogP contribution in [0.2, 0.25) is 0 Å². The molecule has 1 atom stereocenters. The third-order valence-electron chi connectivity index (χ3n) is 1.84. The molecule has 0 aromatic carbocycles. The molecule has 0 radical (unpaired) electrons. The lowest BCUT2D eigenvalue weighted by Crippen LogP contribution is -2.25. The molecule has 0 aliphatic heterocycles. The number of carbonyl (C=O) groups is 1. The van der Waals surface area contributed by atoms with Gasteiger partial charge in [-0.1, -0.05) is 0 Å². The minimum atomic E-state index is -0.727. The second kappa shape index (κ2) is 5.62. The SMILES string of the molecule is CC(NCCOC(N)=O)c1ccsc1. The maximum Gasteiger partial charge on any atom is 0.404 e. The third kappa shape index (κ3) is 3.76. The molecule has 14 heavy (non-hydrogen) atoms. The Morgan fingerprint density at radius 3 is 3.14 bits per heavy atom. The van der Waals surface area contributed by atoms with Crippen molar-refractivity contribution >= 4 is 17.4 Å². The molecule has 0 aliphatic carbocycles. The van der Waals surface area contributed by atoms with Gasteiger partial charge < -0.3 is 15.8 Å². The van der Waals surface area contributed by atoms with Crippen molar-refractivity contribution in [2.45, 2.75) is 13.0 Å². The first-order chi connectivity index (χ1) is 6.70. The van der Waals surface area contributed by atoms with Gasteiger partial charge in [-0.05, 0) is 29.3 Å². The molecule has 0 spiro atoms. The number of carbonyl (C=O) groups excluding carboxylic acids is 1. The summed E-state index contributed by atoms with van der Waals surface area (Å²) < 4.78 is 4.59. The number of hydrogen-bond acceptors (Lipinski definition) is 4. The Labute approximate surface area is 87.1 Å². The van der Waals surface area contributed by atoms with Crippen LogP contribution in [0.5, 0.6) is 0 Å². The molecule has 0 aliphatic rings. The van der Waals surface area contributed by atoms with Crippen molar-refractivity contribution in [2.75, 3.05) is 13.2 Å². The van der Waals surface area contributed by atoms with Crippen LogP contribution in [0.15, 0.2) is 16.8 Å². The summed E-state index contributed by atoms with van der Waals surface area (Å²) >= 11 is 1.67. The highest BCUT2D eigenvalue weighted by molar-refractivity contribution is 7.07. The highest BCUT2D eigenvalue weighted by Crippen LogP contribution is 2.14. The van der Waals surface area contributed by atoms with Crippen LogP contribution in [-0.2, 0) is 4.74 Å². The van der Waals surface area contributed by atoms with E-state index in [0.717, 1.165) is 0 Å². The zero-order chi connectivity index (χ0) is 10.4. The van der Waals surface area contributed by atoms with Crippen LogP contribution < -0.4 is 11.1 Å². The minimum absolute atomic E-state index is 0.276. The Balaban J connectivity index is 2.16. The molecule has 0 bridgehead atoms. The van der Waals surface area contributed by atoms with E-state index in [0.29, 0.717) is 13.2 Å². The van der Waals surface area contributed by atoms with Crippen molar-refractivity contribution in [3.63, 3.8) is 0 Å². The number of ether oxygens (including phenoxy) is 1. The summed E-state index contributed by atoms with van der Waals surface area (Å²) in [5.74, 6) is 0. The van der Waals surface area contributed by atoms with Crippen LogP contribution in [-0.4, -0.2) is 19.2 Å². The number of nitrogens with two attached hydrogens (primary N) is 1. The maximum atomic E-state index is 10.2. The molecule has 5 heteroatoms. The molecule has 3 N–H and O–H groups in total. The van der Waals surface area contributed by atoms with E-state index in [1.165, 1.54) is 5.56 Å². The lowest BCUT2D eigenvalue weighted by molar-refractivity contribution is 0.156. The van der Waals surface area contributed by atoms with Crippen molar-refractivity contribution in [2.24, 2.45) is 5.73 Å². The van der Waals surface area contributed by atoms with Crippen LogP contribution in [0.3, 0.4) is 0 Å². The zero-order valence-electron chi connectivity index (χ0n) is 8.03. The largest absolute Gasteiger partial charge is 0.448 e. The van der Waals surface area contributed by atoms with Crippen molar-refractivity contribution in [3.8, 4) is 0 Å². The van der Waals surface area contributed by atoms with Crippen LogP contribution in [0.25, 0.3) is 0 Å². The predicted molar refractivity (Wildman–Crippen MR) is 56.3 cm³/mol. The van der Waals surface area contributed by atoms with E-state index in [9.17, 15) is 4.79 Å². The molecule has 1 aromatic rings. The fraction of sp³-hybridized carbons (Fsp3) is 0.444. The predicted octanol–water partition coefficient (Wildman–Crippen LogP) is 1.49. The van der Waals surface area contributed by atoms with Gasteiger partial charge in [-0.2, -0.15) is 11.3 Å². The van der Waals surface area contributed by atoms with Gasteiger partial charge in [-0.3, -0.25) is 0 Å². The van der Waals surface area contributed by atoms with Crippen molar-refractivity contribution in [1.82, 2.24) is 5.32 Å². The van der Waals surface area contributed by atoms with Crippen molar-refractivity contribution in [3.05, 3.63) is 22.4 Å². The third-order valence-corrected chi connectivity index (χ3v) is 2.54. The lowest BCUT2D eigenvalue weighted by Gasteiger charge is -2.11. The van der Waals surface area contributed by atoms with Gasteiger partial charge >= 0.3 is 6.09 Å². The second-order valence-corrected chi connectivity index (χ2v) is 3.68. The minimum Gasteiger partial charge on any atom is -0.448 e. The number of thiophene rings is 1. The summed E-state index contributed by atoms with van der Waals surface area (Å²) in [5.41, 5.74) is 6.06. The van der Waals surface area contributed by atoms with Crippen LogP contribution in [0.4, 0.5) is 4.79 Å². The Morgan fingerprint density at radius 2 is 2.57 bits per heavy atom. The second-order valence-electron chi connectivity index (χ2n) is 2.90. The molecule has 1 unspecified atom stereocenters. The van der Waals surface area contributed by atoms with E-state index in [4.69, 9.17) is 5.73 Å². The topological polar surface area (TPSA) is 64.3 Å². The lowest BCUT2D eigenvalue weighted by atomic mass is 10.2. The summed E-state index contributed by atoms with van der Waals surface area (Å²) in [6.07, 6.45) is -0.727. The zero-order valence-corrected chi connectivity index (χ0v) is 8.84. The van der Waals surface area contributed by atoms with Gasteiger partial charge in [-0.25, -0.2) is 4.79 Å². The monoisotopic (exact) mass is 214 g/mol. The Morgan fingerprint density at radius 1 is 1.79 bits per heavy atom. The molecule has 1 rings (SSSR count). The molecule has 0 saturated heterocycles. The number of amides is 1. The van der Waals surface area contributed by atoms with Crippen molar-refractivity contribution < 1.29 is 9.53 Å². The Bertz CT molecular complexity index is 274. The molecular weight excluding hydrogens is 200 g/mol. The average molecular weight is 214 g/mol. The molecule has 1 aromatic heterocycles. The van der Waals surface area contributed by atoms with Gasteiger partial charge in [0.2, 0.25) is 0 Å². The number of primary amides is 1. The smallest absolute Gasteiger partial charge is 0.404 e. The van der Waals surface area contributed by atoms with E-state index in [-0.39, 0.29) is 6.04 Å². The molecule has 1 amide bonds. The van der Waals surface area contributed by atoms with Gasteiger partial charge in [0.25, 0.3) is 0 Å². The van der Waals surface area contributed by atoms with Crippen LogP contribution in [0, 0.1) is 0 Å². The number of nitrogens with one attached hydrogen (secondary N) is 1. The normalized spacial score (nSPS) is 12.4. The highest BCUT2D eigenvalue weighted by Gasteiger charge is 2.04. The van der Waals surface area contributed by atoms with Crippen LogP contribution >= 0.6 is 11.3 Å². The summed E-state index contributed by atoms with van der Waals surface area (Å²) in [6, 6.07) is 2.34. The number of hydrogen-bond donors (Lipinski definition) is 2. The summed E-state index contributed by atoms with van der Waals surface area (Å²) in [6.45, 7) is 2.98. The highest BCUT2D eigenvalue weighted by atomic mass is 32.1. The van der Waals surface area contributed by atoms with E-state index in [1.54, 1.807) is 11.3 Å². The standard InChI is InChI=1S/C9H14N2O2S/c1-7(8-2-5-14-6-8)11-3-4-13-9(10)12/h2,5-7,11H,3-4H2,1H3,(H2,10,12). The summed E-state index contributed by atoms with van der Waals surface area (Å²) in [4.78, 5) is 10.2. The molecule has 0 fully saturated rings. The van der Waals surface area contributed by atoms with E-state index < -0.39 is 6.09 Å². The molecule has 4 nitrogen and oxygen atoms in total. The molecular formula is C9H14N2O2S. The van der Waals surface area contributed by atoms with Crippen molar-refractivity contribution in [1.29, 1.82) is 0 Å². The maximum absolute atomic E-state index is 10.2. The van der Waals surface area contributed by atoms with Gasteiger partial charge in [0.05, 0.1) is 0 Å². The quantitative estimate of drug-likeness (QED) is 0.730. The van der Waals surface area contributed by atoms with E-state index in [1.807, 2.05) is 5.38 Å². The molecule has 1 heterocycles. The first-order valence-electron chi connectivity index (χ1n) is 4.38. The van der Waals surface area contributed by atoms with Gasteiger partial charge in [0.15, 0.2) is 0 Å². The Kier molecular flexibility index (Phi) is 4.42. The number of rotatable bonds is 5. The first-order valence-corrected chi connectivity index (χ1v) is 5.32. The fourth-order valence-electron chi connectivity index (χ4n) is 1.07. The van der Waals surface area contributed by atoms with E-state index >= 15 is 0 Å². The summed E-state index contributed by atoms with van der Waals surface area (Å²) in [5, 5.41) is 7.34. The van der Waals surface area contributed by atoms with Crippen LogP contribution in [0.1, 0.15) is 18.5 Å². The van der Waals surface area contributed by atoms with Gasteiger partial charge in [0, 0.05) is 12.6 Å². The Hall–Kier alpha value is -1.07. The first kappa shape index (κ1) is 11.0. The average Bonchev–Trinajstić information content (AvgIpc) is 2.64. The van der Waals surface area contributed by atoms with E-state index in [2.05, 4.69) is 28.4 Å². The van der Waals surface area contributed by atoms with Gasteiger partial charge in [-0.15, -0.1) is 0 Å².